The lowest BCUT2D eigenvalue weighted by atomic mass is 9.98. The van der Waals surface area contributed by atoms with Crippen LogP contribution in [0.4, 0.5) is 11.8 Å². The predicted molar refractivity (Wildman–Crippen MR) is 138 cm³/mol. The van der Waals surface area contributed by atoms with Crippen molar-refractivity contribution in [2.45, 2.75) is 38.8 Å². The number of anilines is 2. The van der Waals surface area contributed by atoms with Gasteiger partial charge in [-0.05, 0) is 46.4 Å². The summed E-state index contributed by atoms with van der Waals surface area (Å²) in [6.07, 6.45) is 6.23. The maximum absolute atomic E-state index is 13.3. The Morgan fingerprint density at radius 2 is 1.94 bits per heavy atom. The number of hydrogen-bond donors (Lipinski definition) is 1. The molecular formula is C25H33ClN8O. The molecule has 2 aliphatic heterocycles. The number of fused-ring (bicyclic) bond motifs is 1. The first-order valence-corrected chi connectivity index (χ1v) is 12.6. The van der Waals surface area contributed by atoms with Crippen LogP contribution in [-0.2, 0) is 10.3 Å². The smallest absolute Gasteiger partial charge is 0.227 e. The van der Waals surface area contributed by atoms with Gasteiger partial charge in [-0.2, -0.15) is 4.98 Å². The van der Waals surface area contributed by atoms with E-state index in [0.717, 1.165) is 43.9 Å². The third-order valence-electron chi connectivity index (χ3n) is 7.31. The Labute approximate surface area is 211 Å². The summed E-state index contributed by atoms with van der Waals surface area (Å²) in [5.41, 5.74) is 1.24. The molecule has 9 nitrogen and oxygen atoms in total. The zero-order valence-corrected chi connectivity index (χ0v) is 21.5. The van der Waals surface area contributed by atoms with Gasteiger partial charge in [0.05, 0.1) is 29.5 Å². The molecule has 2 aliphatic rings. The lowest BCUT2D eigenvalue weighted by Crippen LogP contribution is -2.50. The average Bonchev–Trinajstić information content (AvgIpc) is 3.49. The summed E-state index contributed by atoms with van der Waals surface area (Å²) >= 11 is 6.52. The SMILES string of the molecule is CC1CN(c2ncc(Cl)c(N3CC[C@H](C(=O)NC(C)(C)c4cnc5ccccn45)C3)n2)CCN1C. The molecule has 0 bridgehead atoms. The second-order valence-electron chi connectivity index (χ2n) is 10.2. The first kappa shape index (κ1) is 23.8. The number of hydrogen-bond acceptors (Lipinski definition) is 7. The van der Waals surface area contributed by atoms with Crippen molar-refractivity contribution in [1.29, 1.82) is 0 Å². The number of nitrogens with one attached hydrogen (secondary N) is 1. The van der Waals surface area contributed by atoms with E-state index in [0.29, 0.717) is 29.4 Å². The molecule has 1 unspecified atom stereocenters. The molecule has 1 N–H and O–H groups in total. The number of likely N-dealkylation sites (N-methyl/N-ethyl adjacent to an activating group) is 1. The molecule has 2 saturated heterocycles. The number of imidazole rings is 1. The monoisotopic (exact) mass is 496 g/mol. The maximum Gasteiger partial charge on any atom is 0.227 e. The Morgan fingerprint density at radius 1 is 1.11 bits per heavy atom. The normalized spacial score (nSPS) is 21.6. The fourth-order valence-electron chi connectivity index (χ4n) is 4.99. The Balaban J connectivity index is 1.28. The number of rotatable bonds is 5. The van der Waals surface area contributed by atoms with Crippen LogP contribution >= 0.6 is 11.6 Å². The molecule has 5 heterocycles. The Morgan fingerprint density at radius 3 is 2.74 bits per heavy atom. The molecule has 186 valence electrons. The van der Waals surface area contributed by atoms with E-state index in [1.54, 1.807) is 6.20 Å². The molecule has 35 heavy (non-hydrogen) atoms. The van der Waals surface area contributed by atoms with Gasteiger partial charge in [0.2, 0.25) is 11.9 Å². The van der Waals surface area contributed by atoms with Gasteiger partial charge in [0, 0.05) is 45.0 Å². The third kappa shape index (κ3) is 4.67. The van der Waals surface area contributed by atoms with Gasteiger partial charge >= 0.3 is 0 Å². The van der Waals surface area contributed by atoms with Gasteiger partial charge in [-0.15, -0.1) is 0 Å². The molecule has 2 atom stereocenters. The zero-order valence-electron chi connectivity index (χ0n) is 20.8. The summed E-state index contributed by atoms with van der Waals surface area (Å²) in [5.74, 6) is 1.29. The van der Waals surface area contributed by atoms with Gasteiger partial charge in [0.25, 0.3) is 0 Å². The summed E-state index contributed by atoms with van der Waals surface area (Å²) in [6.45, 7) is 10.3. The molecular weight excluding hydrogens is 464 g/mol. The number of piperazine rings is 1. The van der Waals surface area contributed by atoms with Crippen molar-refractivity contribution in [3.8, 4) is 0 Å². The standard InChI is InChI=1S/C25H33ClN8O/c1-17-15-33(12-11-31(17)4)24-28-13-19(26)22(29-24)32-10-8-18(16-32)23(35)30-25(2,3)20-14-27-21-7-5-6-9-34(20)21/h5-7,9,13-14,17-18H,8,10-12,15-16H2,1-4H3,(H,30,35)/t17?,18-/m0/s1. The van der Waals surface area contributed by atoms with Gasteiger partial charge < -0.3 is 24.4 Å². The number of nitrogens with zero attached hydrogens (tertiary/aromatic N) is 7. The Bertz CT molecular complexity index is 1230. The molecule has 0 saturated carbocycles. The zero-order chi connectivity index (χ0) is 24.7. The van der Waals surface area contributed by atoms with Gasteiger partial charge in [-0.1, -0.05) is 17.7 Å². The third-order valence-corrected chi connectivity index (χ3v) is 7.57. The summed E-state index contributed by atoms with van der Waals surface area (Å²) in [7, 11) is 2.14. The van der Waals surface area contributed by atoms with Crippen LogP contribution in [0.1, 0.15) is 32.9 Å². The number of aromatic nitrogens is 4. The van der Waals surface area contributed by atoms with E-state index < -0.39 is 5.54 Å². The lowest BCUT2D eigenvalue weighted by molar-refractivity contribution is -0.126. The Kier molecular flexibility index (Phi) is 6.31. The van der Waals surface area contributed by atoms with E-state index in [2.05, 4.69) is 44.0 Å². The van der Waals surface area contributed by atoms with E-state index >= 15 is 0 Å². The molecule has 0 spiro atoms. The molecule has 0 aromatic carbocycles. The summed E-state index contributed by atoms with van der Waals surface area (Å²) < 4.78 is 2.02. The van der Waals surface area contributed by atoms with Gasteiger partial charge in [-0.3, -0.25) is 4.79 Å². The molecule has 0 radical (unpaired) electrons. The predicted octanol–water partition coefficient (Wildman–Crippen LogP) is 2.80. The van der Waals surface area contributed by atoms with E-state index in [9.17, 15) is 4.79 Å². The number of pyridine rings is 1. The summed E-state index contributed by atoms with van der Waals surface area (Å²) in [6, 6.07) is 6.31. The first-order valence-electron chi connectivity index (χ1n) is 12.2. The maximum atomic E-state index is 13.3. The van der Waals surface area contributed by atoms with Crippen molar-refractivity contribution in [3.05, 3.63) is 47.5 Å². The molecule has 3 aromatic heterocycles. The highest BCUT2D eigenvalue weighted by Crippen LogP contribution is 2.31. The van der Waals surface area contributed by atoms with Crippen molar-refractivity contribution < 1.29 is 4.79 Å². The highest BCUT2D eigenvalue weighted by molar-refractivity contribution is 6.32. The van der Waals surface area contributed by atoms with Crippen LogP contribution < -0.4 is 15.1 Å². The van der Waals surface area contributed by atoms with Crippen LogP contribution in [0, 0.1) is 5.92 Å². The molecule has 10 heteroatoms. The molecule has 3 aromatic rings. The van der Waals surface area contributed by atoms with E-state index in [4.69, 9.17) is 16.6 Å². The minimum atomic E-state index is -0.566. The Hall–Kier alpha value is -2.91. The van der Waals surface area contributed by atoms with E-state index in [-0.39, 0.29) is 11.8 Å². The fraction of sp³-hybridized carbons (Fsp3) is 0.520. The van der Waals surface area contributed by atoms with Gasteiger partial charge in [-0.25, -0.2) is 9.97 Å². The van der Waals surface area contributed by atoms with E-state index in [1.165, 1.54) is 0 Å². The van der Waals surface area contributed by atoms with Crippen LogP contribution in [0.5, 0.6) is 0 Å². The topological polar surface area (TPSA) is 81.9 Å². The fourth-order valence-corrected chi connectivity index (χ4v) is 5.20. The van der Waals surface area contributed by atoms with E-state index in [1.807, 2.05) is 48.8 Å². The van der Waals surface area contributed by atoms with Crippen LogP contribution in [0.25, 0.3) is 5.65 Å². The van der Waals surface area contributed by atoms with Gasteiger partial charge in [0.15, 0.2) is 5.82 Å². The average molecular weight is 497 g/mol. The number of carbonyl (C=O) groups is 1. The quantitative estimate of drug-likeness (QED) is 0.581. The van der Waals surface area contributed by atoms with Crippen molar-refractivity contribution in [1.82, 2.24) is 29.6 Å². The van der Waals surface area contributed by atoms with Crippen molar-refractivity contribution in [2.24, 2.45) is 5.92 Å². The van der Waals surface area contributed by atoms with Crippen molar-refractivity contribution in [3.63, 3.8) is 0 Å². The van der Waals surface area contributed by atoms with Crippen LogP contribution in [0.2, 0.25) is 5.02 Å². The minimum Gasteiger partial charge on any atom is -0.354 e. The number of carbonyl (C=O) groups excluding carboxylic acids is 1. The van der Waals surface area contributed by atoms with Crippen LogP contribution in [0.3, 0.4) is 0 Å². The van der Waals surface area contributed by atoms with Crippen molar-refractivity contribution in [2.75, 3.05) is 49.6 Å². The number of amides is 1. The molecule has 5 rings (SSSR count). The second-order valence-corrected chi connectivity index (χ2v) is 10.6. The van der Waals surface area contributed by atoms with Crippen LogP contribution in [0.15, 0.2) is 36.8 Å². The number of halogens is 1. The first-order chi connectivity index (χ1) is 16.7. The van der Waals surface area contributed by atoms with Crippen LogP contribution in [-0.4, -0.2) is 76.0 Å². The molecule has 1 amide bonds. The van der Waals surface area contributed by atoms with Gasteiger partial charge in [0.1, 0.15) is 10.7 Å². The molecule has 0 aliphatic carbocycles. The largest absolute Gasteiger partial charge is 0.354 e. The molecule has 2 fully saturated rings. The highest BCUT2D eigenvalue weighted by Gasteiger charge is 2.35. The summed E-state index contributed by atoms with van der Waals surface area (Å²) in [5, 5.41) is 3.76. The highest BCUT2D eigenvalue weighted by atomic mass is 35.5. The summed E-state index contributed by atoms with van der Waals surface area (Å²) in [4.78, 5) is 33.8. The second kappa shape index (κ2) is 9.28. The lowest BCUT2D eigenvalue weighted by Gasteiger charge is -2.37. The van der Waals surface area contributed by atoms with Crippen molar-refractivity contribution >= 4 is 34.9 Å². The minimum absolute atomic E-state index is 0.0293.